The fourth-order valence-electron chi connectivity index (χ4n) is 4.53. The lowest BCUT2D eigenvalue weighted by Gasteiger charge is -2.28. The summed E-state index contributed by atoms with van der Waals surface area (Å²) < 4.78 is 5.56. The number of nitrogens with two attached hydrogens (primary N) is 1. The van der Waals surface area contributed by atoms with E-state index in [-0.39, 0.29) is 29.7 Å². The lowest BCUT2D eigenvalue weighted by Crippen LogP contribution is -2.41. The van der Waals surface area contributed by atoms with Crippen LogP contribution in [0.25, 0.3) is 11.5 Å². The van der Waals surface area contributed by atoms with Gasteiger partial charge in [-0.1, -0.05) is 18.2 Å². The molecule has 9 nitrogen and oxygen atoms in total. The number of primary amides is 1. The van der Waals surface area contributed by atoms with E-state index >= 15 is 0 Å². The lowest BCUT2D eigenvalue weighted by atomic mass is 9.88. The van der Waals surface area contributed by atoms with Crippen LogP contribution in [0.1, 0.15) is 13.3 Å². The van der Waals surface area contributed by atoms with Gasteiger partial charge in [0.15, 0.2) is 5.82 Å². The molecule has 2 aliphatic heterocycles. The first-order valence-corrected chi connectivity index (χ1v) is 10.1. The van der Waals surface area contributed by atoms with E-state index in [1.165, 1.54) is 6.33 Å². The van der Waals surface area contributed by atoms with Crippen molar-refractivity contribution in [2.45, 2.75) is 19.4 Å². The zero-order valence-corrected chi connectivity index (χ0v) is 16.5. The number of benzene rings is 1. The number of fused-ring (bicyclic) bond motifs is 3. The maximum absolute atomic E-state index is 12.1. The maximum atomic E-state index is 12.1. The number of carbonyl (C=O) groups is 1. The highest BCUT2D eigenvalue weighted by atomic mass is 16.5. The Bertz CT molecular complexity index is 1080. The Morgan fingerprint density at radius 1 is 1.30 bits per heavy atom. The van der Waals surface area contributed by atoms with E-state index in [4.69, 9.17) is 10.5 Å². The Hall–Kier alpha value is -3.62. The van der Waals surface area contributed by atoms with Crippen molar-refractivity contribution in [3.05, 3.63) is 42.7 Å². The summed E-state index contributed by atoms with van der Waals surface area (Å²) in [4.78, 5) is 28.4. The molecule has 1 fully saturated rings. The van der Waals surface area contributed by atoms with E-state index in [2.05, 4.69) is 42.7 Å². The number of hydrogen-bond acceptors (Lipinski definition) is 7. The van der Waals surface area contributed by atoms with E-state index < -0.39 is 0 Å². The van der Waals surface area contributed by atoms with Crippen LogP contribution in [0.5, 0.6) is 5.75 Å². The Balaban J connectivity index is 1.45. The van der Waals surface area contributed by atoms with Gasteiger partial charge in [-0.05, 0) is 37.3 Å². The fraction of sp³-hybridized carbons (Fsp3) is 0.333. The first-order chi connectivity index (χ1) is 14.6. The normalized spacial score (nSPS) is 24.3. The molecule has 4 atom stereocenters. The first-order valence-electron chi connectivity index (χ1n) is 10.1. The molecule has 154 valence electrons. The number of carbonyl (C=O) groups excluding carboxylic acids is 1. The van der Waals surface area contributed by atoms with Gasteiger partial charge in [0.05, 0.1) is 12.5 Å². The number of anilines is 3. The lowest BCUT2D eigenvalue weighted by molar-refractivity contribution is -0.122. The highest BCUT2D eigenvalue weighted by Crippen LogP contribution is 2.45. The minimum atomic E-state index is -0.283. The average molecular weight is 405 g/mol. The van der Waals surface area contributed by atoms with Crippen molar-refractivity contribution >= 4 is 23.4 Å². The van der Waals surface area contributed by atoms with Gasteiger partial charge < -0.3 is 26.1 Å². The monoisotopic (exact) mass is 405 g/mol. The van der Waals surface area contributed by atoms with Gasteiger partial charge in [-0.3, -0.25) is 4.79 Å². The Morgan fingerprint density at radius 3 is 3.00 bits per heavy atom. The molecule has 9 heteroatoms. The second-order valence-electron chi connectivity index (χ2n) is 7.64. The first kappa shape index (κ1) is 18.4. The number of allylic oxidation sites excluding steroid dienone is 1. The summed E-state index contributed by atoms with van der Waals surface area (Å²) in [5.41, 5.74) is 7.15. The van der Waals surface area contributed by atoms with Crippen molar-refractivity contribution in [3.63, 3.8) is 0 Å². The van der Waals surface area contributed by atoms with Crippen LogP contribution in [0.15, 0.2) is 42.7 Å². The molecule has 1 saturated carbocycles. The van der Waals surface area contributed by atoms with Gasteiger partial charge in [0.2, 0.25) is 11.9 Å². The molecule has 0 aromatic heterocycles. The van der Waals surface area contributed by atoms with Gasteiger partial charge in [0.25, 0.3) is 0 Å². The predicted molar refractivity (Wildman–Crippen MR) is 113 cm³/mol. The Kier molecular flexibility index (Phi) is 4.50. The molecular formula is C21H23N7O2. The Morgan fingerprint density at radius 2 is 2.17 bits per heavy atom. The molecule has 1 aromatic rings. The molecule has 2 heterocycles. The van der Waals surface area contributed by atoms with E-state index in [0.717, 1.165) is 17.9 Å². The molecule has 2 bridgehead atoms. The van der Waals surface area contributed by atoms with Crippen molar-refractivity contribution in [2.24, 2.45) is 23.5 Å². The topological polar surface area (TPSA) is 131 Å². The predicted octanol–water partition coefficient (Wildman–Crippen LogP) is 2.53. The molecule has 0 spiro atoms. The van der Waals surface area contributed by atoms with Gasteiger partial charge in [-0.15, -0.1) is 0 Å². The summed E-state index contributed by atoms with van der Waals surface area (Å²) in [6.45, 7) is 2.54. The van der Waals surface area contributed by atoms with Crippen LogP contribution in [0, 0.1) is 17.8 Å². The van der Waals surface area contributed by atoms with Crippen LogP contribution < -0.4 is 21.1 Å². The Labute approximate surface area is 173 Å². The fourth-order valence-corrected chi connectivity index (χ4v) is 4.53. The third kappa shape index (κ3) is 3.22. The van der Waals surface area contributed by atoms with Crippen LogP contribution >= 0.6 is 0 Å². The van der Waals surface area contributed by atoms with Gasteiger partial charge in [0, 0.05) is 17.8 Å². The number of nitrogens with one attached hydrogen (secondary N) is 3. The molecule has 1 amide bonds. The number of imidazole rings is 1. The minimum absolute atomic E-state index is 0.0924. The van der Waals surface area contributed by atoms with Crippen LogP contribution in [-0.2, 0) is 4.79 Å². The second kappa shape index (κ2) is 7.33. The molecule has 5 N–H and O–H groups in total. The molecule has 1 aromatic carbocycles. The number of H-pyrrole nitrogens is 1. The third-order valence-corrected chi connectivity index (χ3v) is 5.78. The number of aromatic nitrogens is 4. The summed E-state index contributed by atoms with van der Waals surface area (Å²) in [5, 5.41) is 6.73. The van der Waals surface area contributed by atoms with Gasteiger partial charge in [0.1, 0.15) is 23.6 Å². The molecule has 4 unspecified atom stereocenters. The summed E-state index contributed by atoms with van der Waals surface area (Å²) in [7, 11) is 0. The highest BCUT2D eigenvalue weighted by Gasteiger charge is 2.47. The summed E-state index contributed by atoms with van der Waals surface area (Å²) >= 11 is 0. The van der Waals surface area contributed by atoms with Crippen molar-refractivity contribution < 1.29 is 9.53 Å². The molecule has 0 radical (unpaired) electrons. The molecule has 2 aliphatic carbocycles. The number of hydrogen-bond donors (Lipinski definition) is 4. The SMILES string of the molecule is CCOc1cccc(Nc2nc3ncnc-3c(NC3C4C=CC(C4)C3C(N)=O)[nH]2)c1. The van der Waals surface area contributed by atoms with Gasteiger partial charge >= 0.3 is 0 Å². The smallest absolute Gasteiger partial charge is 0.223 e. The minimum Gasteiger partial charge on any atom is -0.494 e. The van der Waals surface area contributed by atoms with Crippen LogP contribution in [0.3, 0.4) is 0 Å². The van der Waals surface area contributed by atoms with Crippen molar-refractivity contribution in [2.75, 3.05) is 17.2 Å². The van der Waals surface area contributed by atoms with Gasteiger partial charge in [-0.2, -0.15) is 4.98 Å². The standard InChI is InChI=1S/C21H23N7O2/c1-2-30-14-5-3-4-13(9-14)25-21-27-19-17(23-10-24-19)20(28-21)26-16-12-7-6-11(8-12)15(16)18(22)29/h3-7,9-12,15-16H,2,8H2,1H3,(H2,22,29)(H3,23,24,25,26,27,28). The van der Waals surface area contributed by atoms with E-state index in [9.17, 15) is 4.79 Å². The molecular weight excluding hydrogens is 382 g/mol. The molecule has 30 heavy (non-hydrogen) atoms. The zero-order valence-electron chi connectivity index (χ0n) is 16.5. The highest BCUT2D eigenvalue weighted by molar-refractivity contribution is 5.80. The molecule has 5 rings (SSSR count). The number of ether oxygens (including phenoxy) is 1. The van der Waals surface area contributed by atoms with E-state index in [1.54, 1.807) is 0 Å². The summed E-state index contributed by atoms with van der Waals surface area (Å²) in [6, 6.07) is 7.54. The molecule has 0 saturated heterocycles. The van der Waals surface area contributed by atoms with Crippen LogP contribution in [-0.4, -0.2) is 38.5 Å². The number of rotatable bonds is 7. The number of aromatic amines is 1. The van der Waals surface area contributed by atoms with E-state index in [1.807, 2.05) is 31.2 Å². The summed E-state index contributed by atoms with van der Waals surface area (Å²) in [5.74, 6) is 2.36. The quantitative estimate of drug-likeness (QED) is 0.444. The van der Waals surface area contributed by atoms with Crippen LogP contribution in [0.4, 0.5) is 17.5 Å². The third-order valence-electron chi connectivity index (χ3n) is 5.78. The number of nitrogens with zero attached hydrogens (tertiary/aromatic N) is 3. The largest absolute Gasteiger partial charge is 0.494 e. The second-order valence-corrected chi connectivity index (χ2v) is 7.64. The van der Waals surface area contributed by atoms with Crippen molar-refractivity contribution in [1.82, 2.24) is 19.9 Å². The van der Waals surface area contributed by atoms with Gasteiger partial charge in [-0.25, -0.2) is 9.97 Å². The maximum Gasteiger partial charge on any atom is 0.223 e. The zero-order chi connectivity index (χ0) is 20.7. The van der Waals surface area contributed by atoms with Crippen LogP contribution in [0.2, 0.25) is 0 Å². The molecule has 4 aliphatic rings. The van der Waals surface area contributed by atoms with Crippen molar-refractivity contribution in [1.29, 1.82) is 0 Å². The van der Waals surface area contributed by atoms with Crippen molar-refractivity contribution in [3.8, 4) is 17.3 Å². The van der Waals surface area contributed by atoms with E-state index in [0.29, 0.717) is 29.9 Å². The summed E-state index contributed by atoms with van der Waals surface area (Å²) in [6.07, 6.45) is 6.67. The average Bonchev–Trinajstić information content (AvgIpc) is 3.44. The number of amides is 1.